The maximum absolute atomic E-state index is 13.4. The highest BCUT2D eigenvalue weighted by Gasteiger charge is 2.35. The molecule has 1 aromatic carbocycles. The maximum atomic E-state index is 13.4. The average Bonchev–Trinajstić information content (AvgIpc) is 3.13. The van der Waals surface area contributed by atoms with Crippen LogP contribution in [0.4, 0.5) is 10.7 Å². The van der Waals surface area contributed by atoms with Crippen molar-refractivity contribution >= 4 is 42.1 Å². The van der Waals surface area contributed by atoms with E-state index in [0.717, 1.165) is 28.5 Å². The normalized spacial score (nSPS) is 16.0. The molecule has 1 saturated heterocycles. The molecule has 0 unspecified atom stereocenters. The number of rotatable bonds is 5. The van der Waals surface area contributed by atoms with E-state index in [1.165, 1.54) is 4.31 Å². The van der Waals surface area contributed by atoms with Gasteiger partial charge in [0.15, 0.2) is 5.00 Å². The van der Waals surface area contributed by atoms with Crippen LogP contribution in [0.5, 0.6) is 0 Å². The van der Waals surface area contributed by atoms with Gasteiger partial charge in [-0.25, -0.2) is 22.0 Å². The lowest BCUT2D eigenvalue weighted by molar-refractivity contribution is -0.383. The van der Waals surface area contributed by atoms with Crippen LogP contribution in [0, 0.1) is 37.8 Å². The molecule has 13 heteroatoms. The molecule has 0 saturated carbocycles. The number of benzene rings is 1. The van der Waals surface area contributed by atoms with E-state index in [2.05, 4.69) is 0 Å². The maximum Gasteiger partial charge on any atom is 0.305 e. The van der Waals surface area contributed by atoms with Crippen LogP contribution in [-0.2, 0) is 20.0 Å². The second-order valence-electron chi connectivity index (χ2n) is 7.54. The molecule has 31 heavy (non-hydrogen) atoms. The summed E-state index contributed by atoms with van der Waals surface area (Å²) in [4.78, 5) is 12.7. The van der Waals surface area contributed by atoms with Crippen LogP contribution in [0.25, 0.3) is 0 Å². The fourth-order valence-corrected chi connectivity index (χ4v) is 7.56. The van der Waals surface area contributed by atoms with Crippen LogP contribution in [0.3, 0.4) is 0 Å². The van der Waals surface area contributed by atoms with Crippen molar-refractivity contribution < 1.29 is 21.8 Å². The van der Waals surface area contributed by atoms with Gasteiger partial charge in [-0.05, 0) is 49.9 Å². The Balaban J connectivity index is 1.90. The zero-order valence-corrected chi connectivity index (χ0v) is 20.0. The van der Waals surface area contributed by atoms with Crippen LogP contribution in [0.2, 0.25) is 0 Å². The standard InChI is InChI=1S/C18H24N4O6S3/c1-11-9-12(2)14(4)17(13(11)3)31(27,28)21-7-5-20(6-8-21)18-15(22(23)24)10-16(29-18)30(19,25)26/h9-10H,5-8H2,1-4H3,(H2,19,25,26). The lowest BCUT2D eigenvalue weighted by Crippen LogP contribution is -2.48. The van der Waals surface area contributed by atoms with Gasteiger partial charge >= 0.3 is 5.69 Å². The Bertz CT molecular complexity index is 1230. The van der Waals surface area contributed by atoms with Crippen molar-refractivity contribution in [3.8, 4) is 0 Å². The number of nitrogens with zero attached hydrogens (tertiary/aromatic N) is 3. The third kappa shape index (κ3) is 4.32. The van der Waals surface area contributed by atoms with Crippen molar-refractivity contribution in [2.75, 3.05) is 31.1 Å². The molecule has 0 amide bonds. The summed E-state index contributed by atoms with van der Waals surface area (Å²) in [5, 5.41) is 16.7. The first kappa shape index (κ1) is 23.6. The molecule has 2 heterocycles. The van der Waals surface area contributed by atoms with Crippen LogP contribution in [-0.4, -0.2) is 52.2 Å². The van der Waals surface area contributed by atoms with Crippen molar-refractivity contribution in [3.63, 3.8) is 0 Å². The van der Waals surface area contributed by atoms with Crippen LogP contribution >= 0.6 is 11.3 Å². The van der Waals surface area contributed by atoms with Gasteiger partial charge in [-0.3, -0.25) is 10.1 Å². The summed E-state index contributed by atoms with van der Waals surface area (Å²) in [6.45, 7) is 7.93. The molecule has 1 aliphatic rings. The highest BCUT2D eigenvalue weighted by atomic mass is 32.2. The van der Waals surface area contributed by atoms with Crippen molar-refractivity contribution in [2.45, 2.75) is 36.8 Å². The van der Waals surface area contributed by atoms with Gasteiger partial charge in [0.2, 0.25) is 20.0 Å². The van der Waals surface area contributed by atoms with E-state index in [1.54, 1.807) is 18.7 Å². The minimum absolute atomic E-state index is 0.119. The average molecular weight is 489 g/mol. The first-order valence-corrected chi connectivity index (χ1v) is 13.2. The quantitative estimate of drug-likeness (QED) is 0.501. The van der Waals surface area contributed by atoms with E-state index in [9.17, 15) is 26.9 Å². The van der Waals surface area contributed by atoms with Crippen LogP contribution in [0.1, 0.15) is 22.3 Å². The Kier molecular flexibility index (Phi) is 6.19. The number of nitrogens with two attached hydrogens (primary N) is 1. The van der Waals surface area contributed by atoms with E-state index in [0.29, 0.717) is 16.0 Å². The summed E-state index contributed by atoms with van der Waals surface area (Å²) in [6, 6.07) is 2.90. The molecular formula is C18H24N4O6S3. The first-order chi connectivity index (χ1) is 14.2. The molecule has 0 atom stereocenters. The first-order valence-electron chi connectivity index (χ1n) is 9.38. The molecule has 0 radical (unpaired) electrons. The molecule has 1 aliphatic heterocycles. The number of thiophene rings is 1. The molecule has 2 aromatic rings. The van der Waals surface area contributed by atoms with E-state index in [-0.39, 0.29) is 41.1 Å². The summed E-state index contributed by atoms with van der Waals surface area (Å²) in [6.07, 6.45) is 0. The predicted octanol–water partition coefficient (Wildman–Crippen LogP) is 2.05. The van der Waals surface area contributed by atoms with Crippen LogP contribution < -0.4 is 10.0 Å². The minimum atomic E-state index is -4.08. The summed E-state index contributed by atoms with van der Waals surface area (Å²) in [5.74, 6) is 0. The Morgan fingerprint density at radius 3 is 1.94 bits per heavy atom. The molecule has 3 rings (SSSR count). The molecule has 0 spiro atoms. The SMILES string of the molecule is Cc1cc(C)c(C)c(S(=O)(=O)N2CCN(c3sc(S(N)(=O)=O)cc3[N+](=O)[O-])CC2)c1C. The van der Waals surface area contributed by atoms with Gasteiger partial charge in [-0.2, -0.15) is 4.31 Å². The third-order valence-corrected chi connectivity index (χ3v) is 10.3. The van der Waals surface area contributed by atoms with E-state index < -0.39 is 25.0 Å². The monoisotopic (exact) mass is 488 g/mol. The van der Waals surface area contributed by atoms with Gasteiger partial charge in [0.1, 0.15) is 4.21 Å². The second kappa shape index (κ2) is 8.13. The molecule has 1 fully saturated rings. The molecule has 1 aromatic heterocycles. The number of aryl methyl sites for hydroxylation is 2. The summed E-state index contributed by atoms with van der Waals surface area (Å²) in [7, 11) is -7.84. The molecule has 170 valence electrons. The van der Waals surface area contributed by atoms with Crippen molar-refractivity contribution in [1.29, 1.82) is 0 Å². The van der Waals surface area contributed by atoms with Crippen molar-refractivity contribution in [3.05, 3.63) is 44.5 Å². The zero-order chi connectivity index (χ0) is 23.3. The number of sulfonamides is 2. The summed E-state index contributed by atoms with van der Waals surface area (Å²) in [5.41, 5.74) is 2.84. The number of nitro groups is 1. The number of hydrogen-bond donors (Lipinski definition) is 1. The van der Waals surface area contributed by atoms with Gasteiger partial charge in [0.05, 0.1) is 9.82 Å². The van der Waals surface area contributed by atoms with Crippen molar-refractivity contribution in [1.82, 2.24) is 4.31 Å². The van der Waals surface area contributed by atoms with Gasteiger partial charge in [0, 0.05) is 32.2 Å². The highest BCUT2D eigenvalue weighted by molar-refractivity contribution is 7.91. The smallest absolute Gasteiger partial charge is 0.305 e. The van der Waals surface area contributed by atoms with E-state index in [1.807, 2.05) is 19.9 Å². The number of piperazine rings is 1. The number of hydrogen-bond acceptors (Lipinski definition) is 8. The Morgan fingerprint density at radius 2 is 1.48 bits per heavy atom. The van der Waals surface area contributed by atoms with E-state index >= 15 is 0 Å². The lowest BCUT2D eigenvalue weighted by atomic mass is 10.0. The molecule has 0 aliphatic carbocycles. The predicted molar refractivity (Wildman–Crippen MR) is 119 cm³/mol. The van der Waals surface area contributed by atoms with Gasteiger partial charge in [-0.1, -0.05) is 17.4 Å². The van der Waals surface area contributed by atoms with Crippen LogP contribution in [0.15, 0.2) is 21.2 Å². The summed E-state index contributed by atoms with van der Waals surface area (Å²) >= 11 is 0.719. The largest absolute Gasteiger partial charge is 0.355 e. The minimum Gasteiger partial charge on any atom is -0.355 e. The van der Waals surface area contributed by atoms with Gasteiger partial charge in [0.25, 0.3) is 0 Å². The van der Waals surface area contributed by atoms with Crippen molar-refractivity contribution in [2.24, 2.45) is 5.14 Å². The van der Waals surface area contributed by atoms with Gasteiger partial charge < -0.3 is 4.90 Å². The molecule has 10 nitrogen and oxygen atoms in total. The Labute approximate surface area is 185 Å². The third-order valence-electron chi connectivity index (χ3n) is 5.57. The molecular weight excluding hydrogens is 464 g/mol. The lowest BCUT2D eigenvalue weighted by Gasteiger charge is -2.35. The van der Waals surface area contributed by atoms with E-state index in [4.69, 9.17) is 5.14 Å². The fraction of sp³-hybridized carbons (Fsp3) is 0.444. The second-order valence-corrected chi connectivity index (χ2v) is 12.2. The summed E-state index contributed by atoms with van der Waals surface area (Å²) < 4.78 is 51.1. The number of anilines is 1. The highest BCUT2D eigenvalue weighted by Crippen LogP contribution is 2.40. The Hall–Kier alpha value is -2.06. The van der Waals surface area contributed by atoms with Gasteiger partial charge in [-0.15, -0.1) is 0 Å². The molecule has 0 bridgehead atoms. The topological polar surface area (TPSA) is 144 Å². The Morgan fingerprint density at radius 1 is 0.968 bits per heavy atom. The fourth-order valence-electron chi connectivity index (χ4n) is 3.68. The number of primary sulfonamides is 1. The molecule has 2 N–H and O–H groups in total. The zero-order valence-electron chi connectivity index (χ0n) is 17.6.